The largest absolute Gasteiger partial charge is 0.371 e. The summed E-state index contributed by atoms with van der Waals surface area (Å²) in [4.78, 5) is 9.21. The summed E-state index contributed by atoms with van der Waals surface area (Å²) in [6, 6.07) is 14.4. The molecule has 3 aromatic rings. The van der Waals surface area contributed by atoms with E-state index >= 15 is 0 Å². The van der Waals surface area contributed by atoms with Gasteiger partial charge < -0.3 is 9.30 Å². The molecule has 4 rings (SSSR count). The van der Waals surface area contributed by atoms with E-state index in [1.54, 1.807) is 0 Å². The van der Waals surface area contributed by atoms with Gasteiger partial charge in [-0.2, -0.15) is 0 Å². The van der Waals surface area contributed by atoms with Crippen molar-refractivity contribution in [3.8, 4) is 0 Å². The van der Waals surface area contributed by atoms with Crippen LogP contribution >= 0.6 is 15.9 Å². The highest BCUT2D eigenvalue weighted by Gasteiger charge is 2.25. The maximum Gasteiger partial charge on any atom is 0.162 e. The molecule has 0 saturated carbocycles. The summed E-state index contributed by atoms with van der Waals surface area (Å²) in [6.07, 6.45) is 0. The molecular formula is C15H12BrN3O. The monoisotopic (exact) mass is 329 g/mol. The highest BCUT2D eigenvalue weighted by molar-refractivity contribution is 9.10. The van der Waals surface area contributed by atoms with E-state index in [0.29, 0.717) is 13.2 Å². The highest BCUT2D eigenvalue weighted by Crippen LogP contribution is 2.30. The maximum atomic E-state index is 5.70. The lowest BCUT2D eigenvalue weighted by Gasteiger charge is -2.26. The van der Waals surface area contributed by atoms with E-state index in [-0.39, 0.29) is 6.04 Å². The van der Waals surface area contributed by atoms with Crippen LogP contribution in [0.15, 0.2) is 47.1 Å². The quantitative estimate of drug-likeness (QED) is 0.643. The number of aromatic nitrogens is 3. The van der Waals surface area contributed by atoms with Gasteiger partial charge in [-0.15, -0.1) is 0 Å². The molecule has 4 nitrogen and oxygen atoms in total. The number of pyridine rings is 1. The number of rotatable bonds is 1. The normalized spacial score (nSPS) is 18.1. The molecule has 0 N–H and O–H groups in total. The molecule has 20 heavy (non-hydrogen) atoms. The molecule has 1 aromatic carbocycles. The third-order valence-corrected chi connectivity index (χ3v) is 4.02. The average Bonchev–Trinajstić information content (AvgIpc) is 2.86. The van der Waals surface area contributed by atoms with Gasteiger partial charge in [0.15, 0.2) is 5.65 Å². The second kappa shape index (κ2) is 4.68. The minimum Gasteiger partial charge on any atom is -0.371 e. The summed E-state index contributed by atoms with van der Waals surface area (Å²) >= 11 is 3.44. The molecule has 1 aliphatic heterocycles. The van der Waals surface area contributed by atoms with Gasteiger partial charge in [0.25, 0.3) is 0 Å². The van der Waals surface area contributed by atoms with Gasteiger partial charge in [-0.25, -0.2) is 9.97 Å². The SMILES string of the molecule is Brc1ccc2nc3n(c2n1)[C@@H](c1ccccc1)COC3. The van der Waals surface area contributed by atoms with E-state index in [9.17, 15) is 0 Å². The topological polar surface area (TPSA) is 39.9 Å². The van der Waals surface area contributed by atoms with Crippen LogP contribution in [0.2, 0.25) is 0 Å². The van der Waals surface area contributed by atoms with Gasteiger partial charge in [-0.3, -0.25) is 0 Å². The molecule has 1 aliphatic rings. The first-order valence-electron chi connectivity index (χ1n) is 6.49. The predicted molar refractivity (Wildman–Crippen MR) is 79.5 cm³/mol. The van der Waals surface area contributed by atoms with E-state index in [1.807, 2.05) is 30.3 Å². The highest BCUT2D eigenvalue weighted by atomic mass is 79.9. The van der Waals surface area contributed by atoms with Crippen LogP contribution in [-0.4, -0.2) is 21.1 Å². The van der Waals surface area contributed by atoms with Gasteiger partial charge in [0.05, 0.1) is 12.6 Å². The van der Waals surface area contributed by atoms with Gasteiger partial charge in [-0.05, 0) is 33.6 Å². The zero-order chi connectivity index (χ0) is 13.5. The van der Waals surface area contributed by atoms with E-state index in [4.69, 9.17) is 4.74 Å². The molecule has 0 fully saturated rings. The van der Waals surface area contributed by atoms with E-state index in [0.717, 1.165) is 21.6 Å². The summed E-state index contributed by atoms with van der Waals surface area (Å²) in [5.74, 6) is 0.936. The number of ether oxygens (including phenoxy) is 1. The van der Waals surface area contributed by atoms with Crippen LogP contribution in [0.1, 0.15) is 17.4 Å². The van der Waals surface area contributed by atoms with Crippen molar-refractivity contribution in [1.82, 2.24) is 14.5 Å². The lowest BCUT2D eigenvalue weighted by atomic mass is 10.1. The first-order valence-corrected chi connectivity index (χ1v) is 7.28. The van der Waals surface area contributed by atoms with Crippen molar-refractivity contribution in [1.29, 1.82) is 0 Å². The summed E-state index contributed by atoms with van der Waals surface area (Å²) in [7, 11) is 0. The number of halogens is 1. The summed E-state index contributed by atoms with van der Waals surface area (Å²) in [5.41, 5.74) is 3.04. The van der Waals surface area contributed by atoms with Crippen molar-refractivity contribution < 1.29 is 4.74 Å². The van der Waals surface area contributed by atoms with Gasteiger partial charge in [-0.1, -0.05) is 30.3 Å². The number of imidazole rings is 1. The molecule has 3 heterocycles. The Kier molecular flexibility index (Phi) is 2.82. The van der Waals surface area contributed by atoms with Crippen molar-refractivity contribution in [2.75, 3.05) is 6.61 Å². The molecule has 5 heteroatoms. The van der Waals surface area contributed by atoms with Crippen molar-refractivity contribution in [2.45, 2.75) is 12.6 Å². The second-order valence-electron chi connectivity index (χ2n) is 4.82. The van der Waals surface area contributed by atoms with Crippen LogP contribution in [-0.2, 0) is 11.3 Å². The zero-order valence-corrected chi connectivity index (χ0v) is 12.2. The fraction of sp³-hybridized carbons (Fsp3) is 0.200. The third kappa shape index (κ3) is 1.85. The van der Waals surface area contributed by atoms with E-state index in [2.05, 4.69) is 42.6 Å². The Bertz CT molecular complexity index is 769. The molecule has 1 atom stereocenters. The van der Waals surface area contributed by atoms with Crippen LogP contribution in [0.25, 0.3) is 11.2 Å². The number of fused-ring (bicyclic) bond motifs is 3. The Balaban J connectivity index is 1.95. The van der Waals surface area contributed by atoms with Crippen molar-refractivity contribution in [2.24, 2.45) is 0 Å². The van der Waals surface area contributed by atoms with Gasteiger partial charge in [0.1, 0.15) is 22.6 Å². The number of hydrogen-bond acceptors (Lipinski definition) is 3. The number of nitrogens with zero attached hydrogens (tertiary/aromatic N) is 3. The lowest BCUT2D eigenvalue weighted by molar-refractivity contribution is 0.0677. The van der Waals surface area contributed by atoms with Crippen molar-refractivity contribution in [3.05, 3.63) is 58.5 Å². The Morgan fingerprint density at radius 2 is 1.95 bits per heavy atom. The molecule has 2 aromatic heterocycles. The third-order valence-electron chi connectivity index (χ3n) is 3.58. The van der Waals surface area contributed by atoms with Crippen LogP contribution in [0.3, 0.4) is 0 Å². The standard InChI is InChI=1S/C15H12BrN3O/c16-13-7-6-11-15(18-13)19-12(8-20-9-14(19)17-11)10-4-2-1-3-5-10/h1-7,12H,8-9H2/t12-/m1/s1. The second-order valence-corrected chi connectivity index (χ2v) is 5.63. The first-order chi connectivity index (χ1) is 9.83. The molecule has 0 spiro atoms. The molecule has 0 amide bonds. The number of hydrogen-bond donors (Lipinski definition) is 0. The molecule has 0 unspecified atom stereocenters. The lowest BCUT2D eigenvalue weighted by Crippen LogP contribution is -2.24. The zero-order valence-electron chi connectivity index (χ0n) is 10.7. The fourth-order valence-corrected chi connectivity index (χ4v) is 2.98. The van der Waals surface area contributed by atoms with Crippen LogP contribution in [0.5, 0.6) is 0 Å². The Morgan fingerprint density at radius 1 is 1.10 bits per heavy atom. The van der Waals surface area contributed by atoms with Gasteiger partial charge in [0.2, 0.25) is 0 Å². The van der Waals surface area contributed by atoms with Gasteiger partial charge in [0, 0.05) is 0 Å². The molecule has 0 aliphatic carbocycles. The fourth-order valence-electron chi connectivity index (χ4n) is 2.68. The Hall–Kier alpha value is -1.72. The molecule has 100 valence electrons. The predicted octanol–water partition coefficient (Wildman–Crippen LogP) is 3.31. The minimum atomic E-state index is 0.131. The molecule has 0 radical (unpaired) electrons. The summed E-state index contributed by atoms with van der Waals surface area (Å²) in [6.45, 7) is 1.19. The molecule has 0 bridgehead atoms. The first kappa shape index (κ1) is 12.1. The van der Waals surface area contributed by atoms with Gasteiger partial charge >= 0.3 is 0 Å². The van der Waals surface area contributed by atoms with Crippen molar-refractivity contribution >= 4 is 27.1 Å². The average molecular weight is 330 g/mol. The Labute approximate surface area is 124 Å². The van der Waals surface area contributed by atoms with Crippen LogP contribution in [0, 0.1) is 0 Å². The van der Waals surface area contributed by atoms with E-state index < -0.39 is 0 Å². The smallest absolute Gasteiger partial charge is 0.162 e. The summed E-state index contributed by atoms with van der Waals surface area (Å²) < 4.78 is 8.72. The minimum absolute atomic E-state index is 0.131. The maximum absolute atomic E-state index is 5.70. The Morgan fingerprint density at radius 3 is 2.80 bits per heavy atom. The number of benzene rings is 1. The van der Waals surface area contributed by atoms with Crippen molar-refractivity contribution in [3.63, 3.8) is 0 Å². The van der Waals surface area contributed by atoms with E-state index in [1.165, 1.54) is 5.56 Å². The van der Waals surface area contributed by atoms with Crippen LogP contribution in [0.4, 0.5) is 0 Å². The summed E-state index contributed by atoms with van der Waals surface area (Å²) in [5, 5.41) is 0. The molecular weight excluding hydrogens is 318 g/mol. The molecule has 0 saturated heterocycles. The van der Waals surface area contributed by atoms with Crippen LogP contribution < -0.4 is 0 Å².